The number of hydrogen-bond acceptors (Lipinski definition) is 17. The van der Waals surface area contributed by atoms with Crippen LogP contribution in [0.1, 0.15) is 79.7 Å². The summed E-state index contributed by atoms with van der Waals surface area (Å²) in [7, 11) is 0. The topological polar surface area (TPSA) is 272 Å². The minimum absolute atomic E-state index is 0.00555. The molecule has 6 aromatic rings. The molecule has 6 N–H and O–H groups in total. The van der Waals surface area contributed by atoms with Crippen LogP contribution in [0, 0.1) is 18.2 Å². The van der Waals surface area contributed by atoms with Crippen LogP contribution in [0.4, 0.5) is 15.9 Å². The molecule has 9 rings (SSSR count). The number of β-amino-alcohol motifs (C(OH)–C–C–N with tert-alkyl or cyclic N) is 1. The van der Waals surface area contributed by atoms with Gasteiger partial charge in [0.25, 0.3) is 5.91 Å². The molecular formula is C58H74FN13O10S. The Morgan fingerprint density at radius 3 is 2.22 bits per heavy atom. The Labute approximate surface area is 485 Å². The monoisotopic (exact) mass is 1160 g/mol. The highest BCUT2D eigenvalue weighted by molar-refractivity contribution is 7.13. The van der Waals surface area contributed by atoms with Crippen molar-refractivity contribution in [2.45, 2.75) is 84.0 Å². The van der Waals surface area contributed by atoms with Crippen molar-refractivity contribution in [2.75, 3.05) is 104 Å². The molecule has 0 radical (unpaired) electrons. The Bertz CT molecular complexity index is 3160. The van der Waals surface area contributed by atoms with Gasteiger partial charge in [0.1, 0.15) is 17.9 Å². The van der Waals surface area contributed by atoms with Crippen LogP contribution in [0.15, 0.2) is 72.8 Å². The summed E-state index contributed by atoms with van der Waals surface area (Å²) in [6.07, 6.45) is 8.50. The Morgan fingerprint density at radius 2 is 1.57 bits per heavy atom. The number of piperazine rings is 1. The zero-order valence-corrected chi connectivity index (χ0v) is 48.2. The van der Waals surface area contributed by atoms with E-state index >= 15 is 4.39 Å². The predicted octanol–water partition coefficient (Wildman–Crippen LogP) is 4.45. The van der Waals surface area contributed by atoms with Crippen molar-refractivity contribution in [2.24, 2.45) is 5.41 Å². The van der Waals surface area contributed by atoms with Crippen molar-refractivity contribution < 1.29 is 52.4 Å². The number of H-pyrrole nitrogens is 1. The molecular weight excluding hydrogens is 1090 g/mol. The quantitative estimate of drug-likeness (QED) is 0.0371. The second kappa shape index (κ2) is 28.3. The maximum absolute atomic E-state index is 15.6. The van der Waals surface area contributed by atoms with Gasteiger partial charge in [-0.3, -0.25) is 38.4 Å². The van der Waals surface area contributed by atoms with E-state index in [0.717, 1.165) is 51.5 Å². The van der Waals surface area contributed by atoms with Crippen LogP contribution in [0.25, 0.3) is 27.3 Å². The Hall–Kier alpha value is -7.26. The third kappa shape index (κ3) is 16.3. The van der Waals surface area contributed by atoms with Gasteiger partial charge in [-0.1, -0.05) is 45.0 Å². The third-order valence-electron chi connectivity index (χ3n) is 14.7. The molecule has 3 atom stereocenters. The number of aromatic amines is 1. The van der Waals surface area contributed by atoms with E-state index in [2.05, 4.69) is 41.4 Å². The molecule has 1 saturated carbocycles. The molecule has 25 heteroatoms. The highest BCUT2D eigenvalue weighted by Crippen LogP contribution is 2.41. The number of thiazole rings is 1. The fourth-order valence-electron chi connectivity index (χ4n) is 9.90. The molecule has 2 aromatic carbocycles. The lowest BCUT2D eigenvalue weighted by molar-refractivity contribution is -0.144. The maximum Gasteiger partial charge on any atom is 0.254 e. The second-order valence-electron chi connectivity index (χ2n) is 22.0. The van der Waals surface area contributed by atoms with Gasteiger partial charge in [-0.25, -0.2) is 19.3 Å². The Balaban J connectivity index is 0.580. The number of aliphatic hydroxyl groups is 1. The van der Waals surface area contributed by atoms with Gasteiger partial charge in [0.15, 0.2) is 11.5 Å². The molecule has 2 aliphatic heterocycles. The van der Waals surface area contributed by atoms with E-state index in [1.54, 1.807) is 47.0 Å². The number of benzene rings is 2. The number of hydrogen-bond donors (Lipinski definition) is 6. The van der Waals surface area contributed by atoms with Crippen LogP contribution in [-0.4, -0.2) is 196 Å². The number of nitrogens with zero attached hydrogens (tertiary/aromatic N) is 8. The van der Waals surface area contributed by atoms with Crippen LogP contribution < -0.4 is 21.3 Å². The van der Waals surface area contributed by atoms with Gasteiger partial charge in [-0.15, -0.1) is 11.3 Å². The summed E-state index contributed by atoms with van der Waals surface area (Å²) in [6, 6.07) is 10.4. The SMILES string of the molecule is Cc1ncsc1-c1ccc(CNC(=O)[C@@H]2C[C@@H](O)CN2C(=O)[C@@H](NC(=O)CCOCCOCCOCCOCCNC(=O)CN2CCN(C(=O)c3ccc(Nc4nc(C5CC5)cn5c(-c6cn[nH]c6)cnc45)c(F)c3)CC2)C(C)(C)C)cc1. The molecule has 2 saturated heterocycles. The van der Waals surface area contributed by atoms with E-state index in [9.17, 15) is 29.1 Å². The summed E-state index contributed by atoms with van der Waals surface area (Å²) in [5.74, 6) is -1.47. The van der Waals surface area contributed by atoms with E-state index in [1.165, 1.54) is 11.0 Å². The zero-order valence-electron chi connectivity index (χ0n) is 47.4. The number of rotatable bonds is 28. The van der Waals surface area contributed by atoms with Crippen molar-refractivity contribution in [1.29, 1.82) is 0 Å². The largest absolute Gasteiger partial charge is 0.391 e. The van der Waals surface area contributed by atoms with Crippen LogP contribution in [0.3, 0.4) is 0 Å². The van der Waals surface area contributed by atoms with Crippen LogP contribution in [-0.2, 0) is 44.7 Å². The van der Waals surface area contributed by atoms with E-state index < -0.39 is 35.3 Å². The zero-order chi connectivity index (χ0) is 58.5. The van der Waals surface area contributed by atoms with Crippen molar-refractivity contribution in [1.82, 2.24) is 60.2 Å². The van der Waals surface area contributed by atoms with Gasteiger partial charge in [0.05, 0.1) is 111 Å². The number of likely N-dealkylation sites (tertiary alicyclic amines) is 1. The smallest absolute Gasteiger partial charge is 0.254 e. The first-order valence-corrected chi connectivity index (χ1v) is 29.1. The number of fused-ring (bicyclic) bond motifs is 1. The molecule has 0 spiro atoms. The molecule has 0 unspecified atom stereocenters. The fraction of sp³-hybridized carbons (Fsp3) is 0.500. The summed E-state index contributed by atoms with van der Waals surface area (Å²) >= 11 is 1.57. The number of nitrogens with one attached hydrogen (secondary N) is 5. The number of anilines is 2. The molecule has 444 valence electrons. The molecule has 3 aliphatic rings. The minimum Gasteiger partial charge on any atom is -0.391 e. The Morgan fingerprint density at radius 1 is 0.855 bits per heavy atom. The van der Waals surface area contributed by atoms with Gasteiger partial charge >= 0.3 is 0 Å². The normalized spacial score (nSPS) is 17.0. The summed E-state index contributed by atoms with van der Waals surface area (Å²) in [4.78, 5) is 86.4. The average Bonchev–Trinajstić information content (AvgIpc) is 2.76. The number of halogens is 1. The predicted molar refractivity (Wildman–Crippen MR) is 307 cm³/mol. The molecule has 6 heterocycles. The highest BCUT2D eigenvalue weighted by Gasteiger charge is 2.44. The van der Waals surface area contributed by atoms with Gasteiger partial charge < -0.3 is 55.1 Å². The summed E-state index contributed by atoms with van der Waals surface area (Å²) in [5.41, 5.74) is 7.54. The van der Waals surface area contributed by atoms with Gasteiger partial charge in [-0.05, 0) is 54.5 Å². The summed E-state index contributed by atoms with van der Waals surface area (Å²) in [6.45, 7) is 12.2. The lowest BCUT2D eigenvalue weighted by Gasteiger charge is -2.35. The number of carbonyl (C=O) groups excluding carboxylic acids is 5. The van der Waals surface area contributed by atoms with E-state index in [-0.39, 0.29) is 87.2 Å². The van der Waals surface area contributed by atoms with Gasteiger partial charge in [0.2, 0.25) is 23.6 Å². The van der Waals surface area contributed by atoms with Crippen LogP contribution >= 0.6 is 11.3 Å². The molecule has 83 heavy (non-hydrogen) atoms. The van der Waals surface area contributed by atoms with Crippen LogP contribution in [0.5, 0.6) is 0 Å². The molecule has 3 fully saturated rings. The fourth-order valence-corrected chi connectivity index (χ4v) is 10.7. The van der Waals surface area contributed by atoms with Gasteiger partial charge in [-0.2, -0.15) is 5.10 Å². The maximum atomic E-state index is 15.6. The second-order valence-corrected chi connectivity index (χ2v) is 22.8. The lowest BCUT2D eigenvalue weighted by atomic mass is 9.85. The standard InChI is InChI=1S/C58H74FN13O10S/c1-37-51(83-36-63-37)40-7-5-38(6-8-40)29-62-55(76)47-28-43(73)33-72(47)57(78)52(58(2,3)4)68-49(74)13-19-79-21-23-81-25-26-82-24-22-80-20-14-60-50(75)35-69-15-17-70(18-16-69)56(77)41-11-12-45(44(59)27-41)66-53-54-61-32-48(42-30-64-65-31-42)71(54)34-46(67-53)39-9-10-39/h5-8,11-12,27,30-32,34,36,39,43,47,52,73H,9-10,13-26,28-29,33,35H2,1-4H3,(H,60,75)(H,62,76)(H,64,65)(H,66,67)(H,68,74)/t43-,47+,52-/m1/s1. The first-order valence-electron chi connectivity index (χ1n) is 28.2. The summed E-state index contributed by atoms with van der Waals surface area (Å²) in [5, 5.41) is 29.2. The number of aromatic nitrogens is 6. The van der Waals surface area contributed by atoms with Crippen LogP contribution in [0.2, 0.25) is 0 Å². The Kier molecular flexibility index (Phi) is 20.6. The lowest BCUT2D eigenvalue weighted by Crippen LogP contribution is -2.57. The van der Waals surface area contributed by atoms with E-state index in [1.807, 2.05) is 73.0 Å². The molecule has 1 aliphatic carbocycles. The highest BCUT2D eigenvalue weighted by atomic mass is 32.1. The average molecular weight is 1160 g/mol. The third-order valence-corrected chi connectivity index (χ3v) is 15.6. The first-order chi connectivity index (χ1) is 40.1. The summed E-state index contributed by atoms with van der Waals surface area (Å²) < 4.78 is 39.9. The van der Waals surface area contributed by atoms with Crippen molar-refractivity contribution in [3.05, 3.63) is 101 Å². The number of aliphatic hydroxyl groups excluding tert-OH is 1. The number of ether oxygens (including phenoxy) is 4. The molecule has 0 bridgehead atoms. The van der Waals surface area contributed by atoms with Crippen molar-refractivity contribution in [3.8, 4) is 21.7 Å². The number of aryl methyl sites for hydroxylation is 1. The van der Waals surface area contributed by atoms with Gasteiger partial charge in [0, 0.05) is 88.1 Å². The van der Waals surface area contributed by atoms with E-state index in [4.69, 9.17) is 23.9 Å². The number of carbonyl (C=O) groups is 5. The van der Waals surface area contributed by atoms with Crippen molar-refractivity contribution >= 4 is 58.0 Å². The number of amides is 5. The first kappa shape index (κ1) is 60.3. The molecule has 4 aromatic heterocycles. The minimum atomic E-state index is -0.947. The number of imidazole rings is 1. The van der Waals surface area contributed by atoms with Crippen molar-refractivity contribution in [3.63, 3.8) is 0 Å². The molecule has 23 nitrogen and oxygen atoms in total. The molecule has 5 amide bonds. The van der Waals surface area contributed by atoms with E-state index in [0.29, 0.717) is 83.1 Å².